The van der Waals surface area contributed by atoms with Crippen molar-refractivity contribution in [3.63, 3.8) is 0 Å². The highest BCUT2D eigenvalue weighted by molar-refractivity contribution is 6.05. The van der Waals surface area contributed by atoms with Crippen LogP contribution in [0.5, 0.6) is 0 Å². The van der Waals surface area contributed by atoms with Crippen molar-refractivity contribution in [2.45, 2.75) is 13.2 Å². The van der Waals surface area contributed by atoms with Gasteiger partial charge in [0.1, 0.15) is 0 Å². The lowest BCUT2D eigenvalue weighted by atomic mass is 10.1. The second-order valence-corrected chi connectivity index (χ2v) is 5.55. The summed E-state index contributed by atoms with van der Waals surface area (Å²) in [5, 5.41) is 2.81. The van der Waals surface area contributed by atoms with Crippen molar-refractivity contribution >= 4 is 17.5 Å². The second kappa shape index (κ2) is 6.82. The van der Waals surface area contributed by atoms with Crippen LogP contribution in [0, 0.1) is 6.92 Å². The minimum atomic E-state index is -0.539. The first-order chi connectivity index (χ1) is 11.5. The van der Waals surface area contributed by atoms with Gasteiger partial charge in [0, 0.05) is 22.4 Å². The normalized spacial score (nSPS) is 14.5. The average molecular weight is 326 g/mol. The molecule has 0 unspecified atom stereocenters. The summed E-state index contributed by atoms with van der Waals surface area (Å²) in [4.78, 5) is 23.8. The van der Waals surface area contributed by atoms with Gasteiger partial charge in [-0.15, -0.1) is 0 Å². The van der Waals surface area contributed by atoms with E-state index >= 15 is 0 Å². The molecule has 0 saturated carbocycles. The number of benzene rings is 2. The highest BCUT2D eigenvalue weighted by Gasteiger charge is 2.19. The summed E-state index contributed by atoms with van der Waals surface area (Å²) in [5.74, 6) is -0.817. The largest absolute Gasteiger partial charge is 0.366 e. The van der Waals surface area contributed by atoms with Crippen LogP contribution in [0.25, 0.3) is 0 Å². The first-order valence-electron chi connectivity index (χ1n) is 7.59. The maximum absolute atomic E-state index is 12.5. The van der Waals surface area contributed by atoms with Crippen LogP contribution in [0.4, 0.5) is 5.69 Å². The molecule has 0 atom stereocenters. The predicted octanol–water partition coefficient (Wildman–Crippen LogP) is 2.39. The smallest absolute Gasteiger partial charge is 0.255 e. The number of carbonyl (C=O) groups is 2. The Hall–Kier alpha value is -2.70. The monoisotopic (exact) mass is 326 g/mol. The fourth-order valence-electron chi connectivity index (χ4n) is 2.48. The molecule has 2 aromatic carbocycles. The van der Waals surface area contributed by atoms with E-state index < -0.39 is 12.2 Å². The molecule has 0 aromatic heterocycles. The van der Waals surface area contributed by atoms with Gasteiger partial charge in [-0.25, -0.2) is 0 Å². The zero-order valence-corrected chi connectivity index (χ0v) is 13.2. The van der Waals surface area contributed by atoms with E-state index in [0.29, 0.717) is 30.0 Å². The van der Waals surface area contributed by atoms with Crippen LogP contribution in [0.2, 0.25) is 0 Å². The highest BCUT2D eigenvalue weighted by atomic mass is 16.7. The Morgan fingerprint density at radius 2 is 1.83 bits per heavy atom. The molecule has 1 aliphatic rings. The van der Waals surface area contributed by atoms with Gasteiger partial charge in [-0.3, -0.25) is 9.59 Å². The van der Waals surface area contributed by atoms with Crippen LogP contribution < -0.4 is 11.1 Å². The third-order valence-corrected chi connectivity index (χ3v) is 3.81. The summed E-state index contributed by atoms with van der Waals surface area (Å²) in [7, 11) is 0. The van der Waals surface area contributed by atoms with Crippen LogP contribution in [0.1, 0.15) is 38.1 Å². The molecular formula is C18H18N2O4. The maximum atomic E-state index is 12.5. The zero-order valence-electron chi connectivity index (χ0n) is 13.2. The number of hydrogen-bond acceptors (Lipinski definition) is 4. The van der Waals surface area contributed by atoms with Gasteiger partial charge in [0.05, 0.1) is 13.2 Å². The SMILES string of the molecule is Cc1ccc(C(N)=O)cc1NC(=O)c1cccc(C2OCCO2)c1. The van der Waals surface area contributed by atoms with Crippen molar-refractivity contribution in [3.05, 3.63) is 64.7 Å². The molecule has 6 heteroatoms. The molecule has 1 aliphatic heterocycles. The van der Waals surface area contributed by atoms with Gasteiger partial charge in [-0.05, 0) is 36.8 Å². The van der Waals surface area contributed by atoms with Crippen molar-refractivity contribution in [1.82, 2.24) is 0 Å². The molecule has 0 radical (unpaired) electrons. The number of anilines is 1. The average Bonchev–Trinajstić information content (AvgIpc) is 3.11. The summed E-state index contributed by atoms with van der Waals surface area (Å²) in [6, 6.07) is 12.0. The number of ether oxygens (including phenoxy) is 2. The van der Waals surface area contributed by atoms with Gasteiger partial charge in [0.25, 0.3) is 5.91 Å². The van der Waals surface area contributed by atoms with E-state index in [9.17, 15) is 9.59 Å². The van der Waals surface area contributed by atoms with Gasteiger partial charge >= 0.3 is 0 Å². The molecule has 3 rings (SSSR count). The molecule has 24 heavy (non-hydrogen) atoms. The van der Waals surface area contributed by atoms with E-state index in [1.54, 1.807) is 36.4 Å². The lowest BCUT2D eigenvalue weighted by Gasteiger charge is -2.12. The Balaban J connectivity index is 1.81. The lowest BCUT2D eigenvalue weighted by Crippen LogP contribution is -2.15. The van der Waals surface area contributed by atoms with Crippen molar-refractivity contribution in [3.8, 4) is 0 Å². The van der Waals surface area contributed by atoms with Gasteiger partial charge < -0.3 is 20.5 Å². The Kier molecular flexibility index (Phi) is 4.59. The van der Waals surface area contributed by atoms with Crippen LogP contribution in [0.15, 0.2) is 42.5 Å². The fraction of sp³-hybridized carbons (Fsp3) is 0.222. The molecule has 1 saturated heterocycles. The summed E-state index contributed by atoms with van der Waals surface area (Å²) in [5.41, 5.74) is 8.30. The minimum absolute atomic E-state index is 0.278. The van der Waals surface area contributed by atoms with Crippen LogP contribution in [-0.2, 0) is 9.47 Å². The van der Waals surface area contributed by atoms with E-state index in [0.717, 1.165) is 11.1 Å². The Labute approximate surface area is 139 Å². The Bertz CT molecular complexity index is 782. The van der Waals surface area contributed by atoms with E-state index in [-0.39, 0.29) is 5.91 Å². The lowest BCUT2D eigenvalue weighted by molar-refractivity contribution is -0.0441. The molecule has 2 aromatic rings. The van der Waals surface area contributed by atoms with E-state index in [2.05, 4.69) is 5.32 Å². The number of carbonyl (C=O) groups excluding carboxylic acids is 2. The molecule has 3 N–H and O–H groups in total. The molecule has 1 fully saturated rings. The van der Waals surface area contributed by atoms with E-state index in [4.69, 9.17) is 15.2 Å². The third-order valence-electron chi connectivity index (χ3n) is 3.81. The molecule has 6 nitrogen and oxygen atoms in total. The number of nitrogens with two attached hydrogens (primary N) is 1. The van der Waals surface area contributed by atoms with Crippen molar-refractivity contribution in [2.75, 3.05) is 18.5 Å². The summed E-state index contributed by atoms with van der Waals surface area (Å²) in [6.07, 6.45) is -0.433. The number of hydrogen-bond donors (Lipinski definition) is 2. The second-order valence-electron chi connectivity index (χ2n) is 5.55. The number of aryl methyl sites for hydroxylation is 1. The zero-order chi connectivity index (χ0) is 17.1. The van der Waals surface area contributed by atoms with E-state index in [1.165, 1.54) is 0 Å². The first kappa shape index (κ1) is 16.2. The molecular weight excluding hydrogens is 308 g/mol. The molecule has 0 aliphatic carbocycles. The Morgan fingerprint density at radius 1 is 1.08 bits per heavy atom. The summed E-state index contributed by atoms with van der Waals surface area (Å²) in [6.45, 7) is 2.93. The van der Waals surface area contributed by atoms with E-state index in [1.807, 2.05) is 13.0 Å². The fourth-order valence-corrected chi connectivity index (χ4v) is 2.48. The van der Waals surface area contributed by atoms with Crippen LogP contribution >= 0.6 is 0 Å². The van der Waals surface area contributed by atoms with Gasteiger partial charge in [-0.2, -0.15) is 0 Å². The Morgan fingerprint density at radius 3 is 2.54 bits per heavy atom. The number of rotatable bonds is 4. The first-order valence-corrected chi connectivity index (χ1v) is 7.59. The summed E-state index contributed by atoms with van der Waals surface area (Å²) < 4.78 is 10.9. The number of primary amides is 1. The molecule has 2 amide bonds. The van der Waals surface area contributed by atoms with Crippen LogP contribution in [0.3, 0.4) is 0 Å². The van der Waals surface area contributed by atoms with Gasteiger partial charge in [0.2, 0.25) is 5.91 Å². The molecule has 0 bridgehead atoms. The predicted molar refractivity (Wildman–Crippen MR) is 88.7 cm³/mol. The number of nitrogens with one attached hydrogen (secondary N) is 1. The van der Waals surface area contributed by atoms with Crippen molar-refractivity contribution in [2.24, 2.45) is 5.73 Å². The van der Waals surface area contributed by atoms with Crippen LogP contribution in [-0.4, -0.2) is 25.0 Å². The van der Waals surface area contributed by atoms with Gasteiger partial charge in [0.15, 0.2) is 6.29 Å². The molecule has 1 heterocycles. The van der Waals surface area contributed by atoms with Crippen molar-refractivity contribution in [1.29, 1.82) is 0 Å². The topological polar surface area (TPSA) is 90.7 Å². The maximum Gasteiger partial charge on any atom is 0.255 e. The summed E-state index contributed by atoms with van der Waals surface area (Å²) >= 11 is 0. The molecule has 124 valence electrons. The van der Waals surface area contributed by atoms with Crippen molar-refractivity contribution < 1.29 is 19.1 Å². The standard InChI is InChI=1S/C18H18N2O4/c1-11-5-6-12(16(19)21)10-15(11)20-17(22)13-3-2-4-14(9-13)18-23-7-8-24-18/h2-6,9-10,18H,7-8H2,1H3,(H2,19,21)(H,20,22). The molecule has 0 spiro atoms. The minimum Gasteiger partial charge on any atom is -0.366 e. The van der Waals surface area contributed by atoms with Gasteiger partial charge in [-0.1, -0.05) is 18.2 Å². The number of amides is 2. The quantitative estimate of drug-likeness (QED) is 0.902. The third kappa shape index (κ3) is 3.45. The highest BCUT2D eigenvalue weighted by Crippen LogP contribution is 2.24.